The number of hydrogen-bond acceptors (Lipinski definition) is 2. The Hall–Kier alpha value is -1.84. The van der Waals surface area contributed by atoms with Crippen molar-refractivity contribution in [2.45, 2.75) is 45.2 Å². The lowest BCUT2D eigenvalue weighted by Gasteiger charge is -2.37. The van der Waals surface area contributed by atoms with Crippen molar-refractivity contribution in [3.63, 3.8) is 0 Å². The lowest BCUT2D eigenvalue weighted by Crippen LogP contribution is -2.53. The van der Waals surface area contributed by atoms with Crippen molar-refractivity contribution >= 4 is 11.9 Å². The first-order chi connectivity index (χ1) is 9.14. The van der Waals surface area contributed by atoms with Gasteiger partial charge < -0.3 is 10.6 Å². The number of hydrogen-bond donors (Lipinski definition) is 1. The maximum absolute atomic E-state index is 12.1. The van der Waals surface area contributed by atoms with Gasteiger partial charge in [-0.05, 0) is 18.4 Å². The predicted octanol–water partition coefficient (Wildman–Crippen LogP) is 2.93. The Labute approximate surface area is 114 Å². The summed E-state index contributed by atoms with van der Waals surface area (Å²) in [6.45, 7) is 4.74. The molecule has 1 aliphatic rings. The van der Waals surface area contributed by atoms with E-state index in [1.165, 1.54) is 0 Å². The third-order valence-electron chi connectivity index (χ3n) is 3.87. The molecule has 1 unspecified atom stereocenters. The van der Waals surface area contributed by atoms with Gasteiger partial charge in [0.15, 0.2) is 0 Å². The standard InChI is InChI=1S/C15H21N3O/c1-3-10-15(4-2)13(16)17-14(19)18(15)11-12-8-6-5-7-9-12/h5-9H,3-4,10-11H2,1-2H3,(H2,16,17,19). The van der Waals surface area contributed by atoms with Gasteiger partial charge in [0.05, 0.1) is 0 Å². The average molecular weight is 259 g/mol. The van der Waals surface area contributed by atoms with E-state index in [2.05, 4.69) is 18.8 Å². The Kier molecular flexibility index (Phi) is 3.88. The lowest BCUT2D eigenvalue weighted by atomic mass is 9.88. The van der Waals surface area contributed by atoms with Crippen molar-refractivity contribution in [1.29, 1.82) is 0 Å². The fraction of sp³-hybridized carbons (Fsp3) is 0.467. The Morgan fingerprint density at radius 2 is 1.95 bits per heavy atom. The third kappa shape index (κ3) is 2.35. The van der Waals surface area contributed by atoms with E-state index in [-0.39, 0.29) is 6.03 Å². The fourth-order valence-electron chi connectivity index (χ4n) is 2.80. The summed E-state index contributed by atoms with van der Waals surface area (Å²) in [4.78, 5) is 17.9. The third-order valence-corrected chi connectivity index (χ3v) is 3.87. The molecule has 0 saturated heterocycles. The monoisotopic (exact) mass is 259 g/mol. The summed E-state index contributed by atoms with van der Waals surface area (Å²) in [6.07, 6.45) is 2.63. The van der Waals surface area contributed by atoms with Crippen molar-refractivity contribution in [3.8, 4) is 0 Å². The van der Waals surface area contributed by atoms with Gasteiger partial charge in [-0.3, -0.25) is 0 Å². The zero-order chi connectivity index (χ0) is 13.9. The van der Waals surface area contributed by atoms with Gasteiger partial charge in [0.25, 0.3) is 0 Å². The van der Waals surface area contributed by atoms with Crippen LogP contribution in [-0.4, -0.2) is 22.3 Å². The van der Waals surface area contributed by atoms with Gasteiger partial charge in [-0.2, -0.15) is 4.99 Å². The van der Waals surface area contributed by atoms with Gasteiger partial charge in [0.2, 0.25) is 0 Å². The molecular formula is C15H21N3O. The minimum atomic E-state index is -0.401. The number of amidine groups is 1. The van der Waals surface area contributed by atoms with Crippen LogP contribution in [0.3, 0.4) is 0 Å². The number of nitrogens with zero attached hydrogens (tertiary/aromatic N) is 2. The highest BCUT2D eigenvalue weighted by atomic mass is 16.2. The molecule has 1 aromatic rings. The van der Waals surface area contributed by atoms with E-state index in [4.69, 9.17) is 5.73 Å². The molecule has 0 spiro atoms. The largest absolute Gasteiger partial charge is 0.385 e. The highest BCUT2D eigenvalue weighted by Crippen LogP contribution is 2.32. The molecule has 0 aromatic heterocycles. The number of benzene rings is 1. The Bertz CT molecular complexity index is 483. The molecule has 19 heavy (non-hydrogen) atoms. The van der Waals surface area contributed by atoms with Crippen molar-refractivity contribution in [2.24, 2.45) is 10.7 Å². The van der Waals surface area contributed by atoms with Gasteiger partial charge in [0.1, 0.15) is 11.4 Å². The number of urea groups is 1. The van der Waals surface area contributed by atoms with E-state index >= 15 is 0 Å². The van der Waals surface area contributed by atoms with Crippen LogP contribution in [-0.2, 0) is 6.54 Å². The summed E-state index contributed by atoms with van der Waals surface area (Å²) in [5.74, 6) is 0.470. The fourth-order valence-corrected chi connectivity index (χ4v) is 2.80. The SMILES string of the molecule is CCCC1(CC)C(N)=NC(=O)N1Cc1ccccc1. The normalized spacial score (nSPS) is 22.7. The van der Waals surface area contributed by atoms with Crippen LogP contribution in [0.2, 0.25) is 0 Å². The van der Waals surface area contributed by atoms with Crippen molar-refractivity contribution in [1.82, 2.24) is 4.90 Å². The maximum atomic E-state index is 12.1. The first-order valence-electron chi connectivity index (χ1n) is 6.84. The number of nitrogens with two attached hydrogens (primary N) is 1. The predicted molar refractivity (Wildman–Crippen MR) is 76.9 cm³/mol. The molecule has 0 fully saturated rings. The molecule has 102 valence electrons. The molecule has 1 heterocycles. The average Bonchev–Trinajstić information content (AvgIpc) is 2.65. The molecular weight excluding hydrogens is 238 g/mol. The topological polar surface area (TPSA) is 58.7 Å². The van der Waals surface area contributed by atoms with Crippen molar-refractivity contribution < 1.29 is 4.79 Å². The molecule has 0 aliphatic carbocycles. The minimum absolute atomic E-state index is 0.211. The molecule has 2 amide bonds. The first kappa shape index (κ1) is 13.6. The smallest absolute Gasteiger partial charge is 0.346 e. The molecule has 4 heteroatoms. The summed E-state index contributed by atoms with van der Waals surface area (Å²) in [5.41, 5.74) is 6.74. The molecule has 2 rings (SSSR count). The van der Waals surface area contributed by atoms with Crippen LogP contribution in [0.25, 0.3) is 0 Å². The molecule has 0 radical (unpaired) electrons. The Balaban J connectivity index is 2.29. The zero-order valence-corrected chi connectivity index (χ0v) is 11.6. The Morgan fingerprint density at radius 3 is 2.53 bits per heavy atom. The number of amides is 2. The van der Waals surface area contributed by atoms with Crippen LogP contribution < -0.4 is 5.73 Å². The zero-order valence-electron chi connectivity index (χ0n) is 11.6. The lowest BCUT2D eigenvalue weighted by molar-refractivity contribution is 0.156. The molecule has 0 bridgehead atoms. The van der Waals surface area contributed by atoms with Crippen LogP contribution in [0.1, 0.15) is 38.7 Å². The summed E-state index contributed by atoms with van der Waals surface area (Å²) in [5, 5.41) is 0. The van der Waals surface area contributed by atoms with Gasteiger partial charge in [-0.15, -0.1) is 0 Å². The van der Waals surface area contributed by atoms with Gasteiger partial charge in [-0.25, -0.2) is 4.79 Å². The van der Waals surface area contributed by atoms with E-state index in [1.54, 1.807) is 0 Å². The quantitative estimate of drug-likeness (QED) is 0.883. The van der Waals surface area contributed by atoms with E-state index in [0.29, 0.717) is 12.4 Å². The van der Waals surface area contributed by atoms with Crippen molar-refractivity contribution in [3.05, 3.63) is 35.9 Å². The van der Waals surface area contributed by atoms with E-state index < -0.39 is 5.54 Å². The van der Waals surface area contributed by atoms with Crippen LogP contribution in [0, 0.1) is 0 Å². The molecule has 1 aromatic carbocycles. The summed E-state index contributed by atoms with van der Waals surface area (Å²) in [6, 6.07) is 9.76. The highest BCUT2D eigenvalue weighted by Gasteiger charge is 2.46. The second-order valence-corrected chi connectivity index (χ2v) is 4.99. The number of rotatable bonds is 5. The maximum Gasteiger partial charge on any atom is 0.346 e. The molecule has 1 atom stereocenters. The highest BCUT2D eigenvalue weighted by molar-refractivity contribution is 6.05. The van der Waals surface area contributed by atoms with Gasteiger partial charge in [0, 0.05) is 6.54 Å². The first-order valence-corrected chi connectivity index (χ1v) is 6.84. The van der Waals surface area contributed by atoms with E-state index in [1.807, 2.05) is 35.2 Å². The molecule has 4 nitrogen and oxygen atoms in total. The van der Waals surface area contributed by atoms with Crippen LogP contribution in [0.4, 0.5) is 4.79 Å². The van der Waals surface area contributed by atoms with E-state index in [0.717, 1.165) is 24.8 Å². The summed E-state index contributed by atoms with van der Waals surface area (Å²) in [7, 11) is 0. The van der Waals surface area contributed by atoms with Gasteiger partial charge >= 0.3 is 6.03 Å². The Morgan fingerprint density at radius 1 is 1.26 bits per heavy atom. The minimum Gasteiger partial charge on any atom is -0.385 e. The van der Waals surface area contributed by atoms with Gasteiger partial charge in [-0.1, -0.05) is 50.6 Å². The second kappa shape index (κ2) is 5.43. The number of carbonyl (C=O) groups excluding carboxylic acids is 1. The molecule has 0 saturated carbocycles. The summed E-state index contributed by atoms with van der Waals surface area (Å²) < 4.78 is 0. The van der Waals surface area contributed by atoms with Crippen LogP contribution in [0.5, 0.6) is 0 Å². The molecule has 2 N–H and O–H groups in total. The number of carbonyl (C=O) groups is 1. The number of aliphatic imine (C=N–C) groups is 1. The van der Waals surface area contributed by atoms with Crippen molar-refractivity contribution in [2.75, 3.05) is 0 Å². The summed E-state index contributed by atoms with van der Waals surface area (Å²) >= 11 is 0. The molecule has 1 aliphatic heterocycles. The second-order valence-electron chi connectivity index (χ2n) is 4.99. The van der Waals surface area contributed by atoms with E-state index in [9.17, 15) is 4.79 Å². The van der Waals surface area contributed by atoms with Crippen LogP contribution in [0.15, 0.2) is 35.3 Å². The van der Waals surface area contributed by atoms with Crippen LogP contribution >= 0.6 is 0 Å².